The van der Waals surface area contributed by atoms with Crippen LogP contribution >= 0.6 is 0 Å². The normalized spacial score (nSPS) is 12.7. The number of nitrogens with one attached hydrogen (secondary N) is 2. The zero-order valence-corrected chi connectivity index (χ0v) is 17.9. The zero-order valence-electron chi connectivity index (χ0n) is 17.9. The fourth-order valence-electron chi connectivity index (χ4n) is 2.21. The Balaban J connectivity index is 2.11. The van der Waals surface area contributed by atoms with Crippen molar-refractivity contribution in [2.45, 2.75) is 58.8 Å². The number of carbonyl (C=O) groups excluding carboxylic acids is 3. The lowest BCUT2D eigenvalue weighted by Crippen LogP contribution is -2.52. The molecule has 1 unspecified atom stereocenters. The predicted molar refractivity (Wildman–Crippen MR) is 107 cm³/mol. The molecular formula is C19H27N5O6. The standard InChI is InChI=1S/C19H27N5O6/c1-18(2,3)28-16(26)20-11-13(21-17(27)29-19(4,5)6)15(25)30-24-14-10-8-7-9-12(14)22-23-24/h7-10,13H,11H2,1-6H3,(H,20,26)(H,21,27). The first-order chi connectivity index (χ1) is 13.8. The van der Waals surface area contributed by atoms with Gasteiger partial charge in [0, 0.05) is 0 Å². The fraction of sp³-hybridized carbons (Fsp3) is 0.526. The number of hydrogen-bond acceptors (Lipinski definition) is 8. The molecule has 2 N–H and O–H groups in total. The van der Waals surface area contributed by atoms with E-state index in [-0.39, 0.29) is 6.54 Å². The molecule has 0 aliphatic carbocycles. The van der Waals surface area contributed by atoms with E-state index in [1.807, 2.05) is 0 Å². The summed E-state index contributed by atoms with van der Waals surface area (Å²) in [4.78, 5) is 42.9. The van der Waals surface area contributed by atoms with Crippen molar-refractivity contribution in [1.29, 1.82) is 0 Å². The second-order valence-corrected chi connectivity index (χ2v) is 8.44. The molecule has 11 heteroatoms. The first kappa shape index (κ1) is 22.9. The maximum absolute atomic E-state index is 12.7. The second kappa shape index (κ2) is 8.97. The third kappa shape index (κ3) is 7.22. The van der Waals surface area contributed by atoms with Crippen molar-refractivity contribution in [1.82, 2.24) is 25.8 Å². The van der Waals surface area contributed by atoms with Gasteiger partial charge in [-0.3, -0.25) is 0 Å². The van der Waals surface area contributed by atoms with Crippen LogP contribution in [0.1, 0.15) is 41.5 Å². The van der Waals surface area contributed by atoms with E-state index in [1.54, 1.807) is 65.8 Å². The summed E-state index contributed by atoms with van der Waals surface area (Å²) >= 11 is 0. The molecule has 0 aliphatic heterocycles. The molecule has 30 heavy (non-hydrogen) atoms. The molecule has 0 fully saturated rings. The van der Waals surface area contributed by atoms with Gasteiger partial charge in [0.05, 0.1) is 6.54 Å². The monoisotopic (exact) mass is 421 g/mol. The van der Waals surface area contributed by atoms with Crippen LogP contribution in [0, 0.1) is 0 Å². The summed E-state index contributed by atoms with van der Waals surface area (Å²) in [5.74, 6) is -0.882. The van der Waals surface area contributed by atoms with Crippen LogP contribution in [0.4, 0.5) is 9.59 Å². The van der Waals surface area contributed by atoms with Crippen LogP contribution < -0.4 is 15.5 Å². The van der Waals surface area contributed by atoms with Gasteiger partial charge in [-0.05, 0) is 58.9 Å². The summed E-state index contributed by atoms with van der Waals surface area (Å²) in [5, 5.41) is 12.5. The Morgan fingerprint density at radius 1 is 1.00 bits per heavy atom. The molecule has 11 nitrogen and oxygen atoms in total. The van der Waals surface area contributed by atoms with Gasteiger partial charge in [-0.1, -0.05) is 17.0 Å². The molecule has 0 spiro atoms. The van der Waals surface area contributed by atoms with Gasteiger partial charge in [-0.2, -0.15) is 0 Å². The Morgan fingerprint density at radius 2 is 1.60 bits per heavy atom. The number of fused-ring (bicyclic) bond motifs is 1. The van der Waals surface area contributed by atoms with Gasteiger partial charge in [-0.25, -0.2) is 14.4 Å². The molecule has 0 saturated carbocycles. The number of aromatic nitrogens is 3. The van der Waals surface area contributed by atoms with Crippen LogP contribution in [0.2, 0.25) is 0 Å². The minimum absolute atomic E-state index is 0.292. The average Bonchev–Trinajstić information content (AvgIpc) is 2.98. The lowest BCUT2D eigenvalue weighted by atomic mass is 10.2. The fourth-order valence-corrected chi connectivity index (χ4v) is 2.21. The van der Waals surface area contributed by atoms with Crippen LogP contribution in [0.25, 0.3) is 11.0 Å². The summed E-state index contributed by atoms with van der Waals surface area (Å²) < 4.78 is 10.3. The molecule has 2 amide bonds. The van der Waals surface area contributed by atoms with E-state index in [0.29, 0.717) is 11.0 Å². The van der Waals surface area contributed by atoms with Crippen LogP contribution in [0.5, 0.6) is 0 Å². The van der Waals surface area contributed by atoms with Crippen LogP contribution in [-0.2, 0) is 14.3 Å². The molecule has 1 heterocycles. The quantitative estimate of drug-likeness (QED) is 0.698. The first-order valence-corrected chi connectivity index (χ1v) is 9.33. The third-order valence-corrected chi connectivity index (χ3v) is 3.32. The van der Waals surface area contributed by atoms with E-state index in [1.165, 1.54) is 0 Å². The van der Waals surface area contributed by atoms with Gasteiger partial charge in [0.1, 0.15) is 28.3 Å². The average molecular weight is 421 g/mol. The topological polar surface area (TPSA) is 134 Å². The number of benzene rings is 1. The Morgan fingerprint density at radius 3 is 2.23 bits per heavy atom. The number of amides is 2. The Bertz CT molecular complexity index is 912. The second-order valence-electron chi connectivity index (χ2n) is 8.44. The number of alkyl carbamates (subject to hydrolysis) is 2. The summed E-state index contributed by atoms with van der Waals surface area (Å²) in [5.41, 5.74) is -0.520. The van der Waals surface area contributed by atoms with Crippen molar-refractivity contribution in [3.8, 4) is 0 Å². The molecule has 1 atom stereocenters. The van der Waals surface area contributed by atoms with Crippen molar-refractivity contribution >= 4 is 29.2 Å². The maximum Gasteiger partial charge on any atom is 0.408 e. The van der Waals surface area contributed by atoms with E-state index >= 15 is 0 Å². The first-order valence-electron chi connectivity index (χ1n) is 9.33. The van der Waals surface area contributed by atoms with Crippen molar-refractivity contribution < 1.29 is 28.7 Å². The highest BCUT2D eigenvalue weighted by Gasteiger charge is 2.28. The molecule has 1 aromatic carbocycles. The number of ether oxygens (including phenoxy) is 2. The van der Waals surface area contributed by atoms with E-state index < -0.39 is 35.4 Å². The minimum Gasteiger partial charge on any atom is -0.444 e. The van der Waals surface area contributed by atoms with Gasteiger partial charge >= 0.3 is 18.2 Å². The Kier molecular flexibility index (Phi) is 6.85. The van der Waals surface area contributed by atoms with Gasteiger partial charge in [0.15, 0.2) is 0 Å². The maximum atomic E-state index is 12.7. The van der Waals surface area contributed by atoms with E-state index in [0.717, 1.165) is 4.85 Å². The molecule has 164 valence electrons. The van der Waals surface area contributed by atoms with Gasteiger partial charge < -0.3 is 24.9 Å². The zero-order chi connectivity index (χ0) is 22.5. The summed E-state index contributed by atoms with van der Waals surface area (Å²) in [6.45, 7) is 9.86. The summed E-state index contributed by atoms with van der Waals surface area (Å²) in [7, 11) is 0. The minimum atomic E-state index is -1.27. The van der Waals surface area contributed by atoms with Crippen LogP contribution in [-0.4, -0.2) is 57.1 Å². The summed E-state index contributed by atoms with van der Waals surface area (Å²) in [6, 6.07) is 5.60. The third-order valence-electron chi connectivity index (χ3n) is 3.32. The highest BCUT2D eigenvalue weighted by Crippen LogP contribution is 2.10. The Labute approximate surface area is 174 Å². The molecule has 0 radical (unpaired) electrons. The SMILES string of the molecule is CC(C)(C)OC(=O)NCC(NC(=O)OC(C)(C)C)C(=O)On1nnc2ccccc21. The predicted octanol–water partition coefficient (Wildman–Crippen LogP) is 1.80. The van der Waals surface area contributed by atoms with Gasteiger partial charge in [0.25, 0.3) is 0 Å². The number of hydrogen-bond donors (Lipinski definition) is 2. The number of nitrogens with zero attached hydrogens (tertiary/aromatic N) is 3. The molecule has 0 saturated heterocycles. The lowest BCUT2D eigenvalue weighted by Gasteiger charge is -2.24. The summed E-state index contributed by atoms with van der Waals surface area (Å²) in [6.07, 6.45) is -1.60. The highest BCUT2D eigenvalue weighted by molar-refractivity contribution is 5.83. The number of carbonyl (C=O) groups is 3. The highest BCUT2D eigenvalue weighted by atomic mass is 16.7. The number of para-hydroxylation sites is 1. The molecule has 0 aliphatic rings. The van der Waals surface area contributed by atoms with E-state index in [9.17, 15) is 14.4 Å². The van der Waals surface area contributed by atoms with Gasteiger partial charge in [-0.15, -0.1) is 5.10 Å². The van der Waals surface area contributed by atoms with Gasteiger partial charge in [0.2, 0.25) is 0 Å². The molecule has 0 bridgehead atoms. The number of rotatable bonds is 5. The van der Waals surface area contributed by atoms with Crippen LogP contribution in [0.15, 0.2) is 24.3 Å². The van der Waals surface area contributed by atoms with Crippen LogP contribution in [0.3, 0.4) is 0 Å². The van der Waals surface area contributed by atoms with Crippen molar-refractivity contribution in [3.63, 3.8) is 0 Å². The van der Waals surface area contributed by atoms with E-state index in [2.05, 4.69) is 20.9 Å². The largest absolute Gasteiger partial charge is 0.444 e. The molecule has 2 rings (SSSR count). The molecular weight excluding hydrogens is 394 g/mol. The Hall–Kier alpha value is -3.37. The van der Waals surface area contributed by atoms with Crippen molar-refractivity contribution in [2.24, 2.45) is 0 Å². The lowest BCUT2D eigenvalue weighted by molar-refractivity contribution is -0.147. The van der Waals surface area contributed by atoms with Crippen molar-refractivity contribution in [3.05, 3.63) is 24.3 Å². The van der Waals surface area contributed by atoms with E-state index in [4.69, 9.17) is 14.3 Å². The van der Waals surface area contributed by atoms with Crippen molar-refractivity contribution in [2.75, 3.05) is 6.54 Å². The molecule has 1 aromatic heterocycles. The molecule has 2 aromatic rings. The smallest absolute Gasteiger partial charge is 0.408 e.